The maximum absolute atomic E-state index is 3.55. The Morgan fingerprint density at radius 1 is 1.40 bits per heavy atom. The van der Waals surface area contributed by atoms with Crippen LogP contribution in [0.1, 0.15) is 0 Å². The molecule has 1 aromatic carbocycles. The van der Waals surface area contributed by atoms with Crippen molar-refractivity contribution in [3.05, 3.63) is 24.3 Å². The van der Waals surface area contributed by atoms with Gasteiger partial charge in [0.15, 0.2) is 6.54 Å². The van der Waals surface area contributed by atoms with Gasteiger partial charge in [-0.2, -0.15) is 4.57 Å². The molecule has 0 saturated carbocycles. The Hall–Kier alpha value is 0.420. The van der Waals surface area contributed by atoms with Crippen molar-refractivity contribution in [3.8, 4) is 0 Å². The van der Waals surface area contributed by atoms with Crippen LogP contribution in [0.15, 0.2) is 28.6 Å². The Morgan fingerprint density at radius 2 is 2.20 bits per heavy atom. The number of fused-ring (bicyclic) bond motifs is 3. The Labute approximate surface area is 116 Å². The Kier molecular flexibility index (Phi) is 3.75. The molecule has 3 rings (SSSR count). The molecule has 0 saturated heterocycles. The molecule has 0 aliphatic carbocycles. The highest BCUT2D eigenvalue weighted by Crippen LogP contribution is 2.35. The molecule has 0 N–H and O–H groups in total. The average molecular weight is 367 g/mol. The lowest BCUT2D eigenvalue weighted by molar-refractivity contribution is -0.694. The summed E-state index contributed by atoms with van der Waals surface area (Å²) < 4.78 is 5.30. The van der Waals surface area contributed by atoms with Gasteiger partial charge in [0.2, 0.25) is 5.52 Å². The highest BCUT2D eigenvalue weighted by Gasteiger charge is 2.33. The molecule has 0 amide bonds. The summed E-state index contributed by atoms with van der Waals surface area (Å²) in [5.74, 6) is 0. The van der Waals surface area contributed by atoms with Crippen molar-refractivity contribution >= 4 is 49.2 Å². The van der Waals surface area contributed by atoms with Crippen LogP contribution in [0.3, 0.4) is 0 Å². The van der Waals surface area contributed by atoms with Crippen LogP contribution in [0.25, 0.3) is 10.2 Å². The third-order valence-electron chi connectivity index (χ3n) is 2.40. The molecule has 2 heterocycles. The predicted molar refractivity (Wildman–Crippen MR) is 65.5 cm³/mol. The van der Waals surface area contributed by atoms with Crippen LogP contribution >= 0.6 is 39.0 Å². The number of aromatic nitrogens is 1. The highest BCUT2D eigenvalue weighted by molar-refractivity contribution is 9.09. The van der Waals surface area contributed by atoms with Crippen LogP contribution in [0.4, 0.5) is 0 Å². The third-order valence-corrected chi connectivity index (χ3v) is 6.18. The maximum Gasteiger partial charge on any atom is 0.298 e. The molecule has 1 aromatic heterocycles. The van der Waals surface area contributed by atoms with Gasteiger partial charge in [0.05, 0.1) is 5.25 Å². The molecule has 0 radical (unpaired) electrons. The van der Waals surface area contributed by atoms with Crippen LogP contribution in [-0.4, -0.2) is 10.6 Å². The van der Waals surface area contributed by atoms with Crippen molar-refractivity contribution in [1.82, 2.24) is 0 Å². The van der Waals surface area contributed by atoms with Crippen LogP contribution < -0.4 is 21.5 Å². The van der Waals surface area contributed by atoms with Gasteiger partial charge in [0.25, 0.3) is 4.34 Å². The quantitative estimate of drug-likeness (QED) is 0.510. The van der Waals surface area contributed by atoms with E-state index in [-0.39, 0.29) is 17.0 Å². The minimum atomic E-state index is 0. The second-order valence-electron chi connectivity index (χ2n) is 3.34. The van der Waals surface area contributed by atoms with E-state index in [1.165, 1.54) is 14.6 Å². The fourth-order valence-corrected chi connectivity index (χ4v) is 4.98. The maximum atomic E-state index is 3.55. The lowest BCUT2D eigenvalue weighted by Crippen LogP contribution is -3.00. The summed E-state index contributed by atoms with van der Waals surface area (Å²) in [7, 11) is 0. The summed E-state index contributed by atoms with van der Waals surface area (Å²) in [5, 5.41) is 1.80. The molecule has 15 heavy (non-hydrogen) atoms. The first-order valence-corrected chi connectivity index (χ1v) is 7.34. The first kappa shape index (κ1) is 11.9. The van der Waals surface area contributed by atoms with E-state index in [4.69, 9.17) is 0 Å². The zero-order valence-electron chi connectivity index (χ0n) is 7.82. The van der Waals surface area contributed by atoms with E-state index in [2.05, 4.69) is 44.8 Å². The largest absolute Gasteiger partial charge is 1.00 e. The summed E-state index contributed by atoms with van der Waals surface area (Å²) in [4.78, 5) is 0. The molecule has 5 heteroatoms. The molecule has 1 unspecified atom stereocenters. The minimum Gasteiger partial charge on any atom is -1.00 e. The zero-order valence-corrected chi connectivity index (χ0v) is 12.6. The van der Waals surface area contributed by atoms with Crippen LogP contribution in [0.5, 0.6) is 0 Å². The van der Waals surface area contributed by atoms with Crippen molar-refractivity contribution in [3.63, 3.8) is 0 Å². The van der Waals surface area contributed by atoms with Gasteiger partial charge in [-0.05, 0) is 17.8 Å². The summed E-state index contributed by atoms with van der Waals surface area (Å²) in [6.07, 6.45) is 0. The Bertz CT molecular complexity index is 483. The number of thioether (sulfide) groups is 1. The van der Waals surface area contributed by atoms with E-state index < -0.39 is 0 Å². The molecule has 1 aliphatic rings. The van der Waals surface area contributed by atoms with E-state index >= 15 is 0 Å². The summed E-state index contributed by atoms with van der Waals surface area (Å²) >= 11 is 7.46. The first-order valence-electron chi connectivity index (χ1n) is 4.52. The summed E-state index contributed by atoms with van der Waals surface area (Å²) in [6.45, 7) is 1.15. The van der Waals surface area contributed by atoms with E-state index in [0.29, 0.717) is 5.25 Å². The smallest absolute Gasteiger partial charge is 0.298 e. The molecule has 1 aliphatic heterocycles. The minimum absolute atomic E-state index is 0. The van der Waals surface area contributed by atoms with Crippen LogP contribution in [-0.2, 0) is 6.54 Å². The second-order valence-corrected chi connectivity index (χ2v) is 6.57. The number of alkyl halides is 1. The normalized spacial score (nSPS) is 18.9. The van der Waals surface area contributed by atoms with Crippen LogP contribution in [0.2, 0.25) is 0 Å². The number of halogens is 2. The van der Waals surface area contributed by atoms with Crippen LogP contribution in [0, 0.1) is 0 Å². The van der Waals surface area contributed by atoms with Crippen molar-refractivity contribution in [1.29, 1.82) is 0 Å². The number of hydrogen-bond acceptors (Lipinski definition) is 2. The van der Waals surface area contributed by atoms with Gasteiger partial charge in [-0.25, -0.2) is 0 Å². The fraction of sp³-hybridized carbons (Fsp3) is 0.300. The van der Waals surface area contributed by atoms with Gasteiger partial charge in [-0.3, -0.25) is 0 Å². The lowest BCUT2D eigenvalue weighted by Gasteiger charge is -1.95. The van der Waals surface area contributed by atoms with Gasteiger partial charge < -0.3 is 17.0 Å². The molecule has 0 spiro atoms. The van der Waals surface area contributed by atoms with Gasteiger partial charge in [0.1, 0.15) is 4.70 Å². The van der Waals surface area contributed by atoms with Crippen molar-refractivity contribution in [2.45, 2.75) is 16.1 Å². The van der Waals surface area contributed by atoms with Gasteiger partial charge in [-0.15, -0.1) is 0 Å². The summed E-state index contributed by atoms with van der Waals surface area (Å²) in [5.41, 5.74) is 1.39. The number of benzene rings is 1. The molecule has 80 valence electrons. The summed E-state index contributed by atoms with van der Waals surface area (Å²) in [6, 6.07) is 8.65. The van der Waals surface area contributed by atoms with Crippen molar-refractivity contribution in [2.24, 2.45) is 0 Å². The van der Waals surface area contributed by atoms with E-state index in [0.717, 1.165) is 11.9 Å². The molecular weight excluding hydrogens is 358 g/mol. The monoisotopic (exact) mass is 365 g/mol. The van der Waals surface area contributed by atoms with E-state index in [1.54, 1.807) is 0 Å². The average Bonchev–Trinajstić information content (AvgIpc) is 2.73. The fourth-order valence-electron chi connectivity index (χ4n) is 1.74. The number of para-hydroxylation sites is 1. The Morgan fingerprint density at radius 3 is 3.00 bits per heavy atom. The molecule has 2 aromatic rings. The third kappa shape index (κ3) is 1.99. The van der Waals surface area contributed by atoms with Crippen molar-refractivity contribution < 1.29 is 21.5 Å². The number of nitrogens with zero attached hydrogens (tertiary/aromatic N) is 1. The standard InChI is InChI=1S/C10H9BrNS2.BrH/c11-5-7-6-12-8-3-1-2-4-9(8)14-10(12)13-7;/h1-4,7H,5-6H2;1H/q+1;/p-1. The van der Waals surface area contributed by atoms with E-state index in [9.17, 15) is 0 Å². The molecule has 1 atom stereocenters. The van der Waals surface area contributed by atoms with E-state index in [1.807, 2.05) is 23.1 Å². The number of thiazole rings is 1. The lowest BCUT2D eigenvalue weighted by atomic mass is 10.3. The van der Waals surface area contributed by atoms with Gasteiger partial charge in [0, 0.05) is 11.4 Å². The molecule has 0 fully saturated rings. The molecule has 0 bridgehead atoms. The SMILES string of the molecule is BrCC1C[n+]2c(sc3ccccc32)S1.[Br-]. The van der Waals surface area contributed by atoms with Gasteiger partial charge >= 0.3 is 0 Å². The topological polar surface area (TPSA) is 3.88 Å². The molecular formula is C10H9Br2NS2. The second kappa shape index (κ2) is 4.73. The first-order chi connectivity index (χ1) is 6.88. The highest BCUT2D eigenvalue weighted by atomic mass is 79.9. The molecule has 1 nitrogen and oxygen atoms in total. The number of hydrogen-bond donors (Lipinski definition) is 0. The Balaban J connectivity index is 0.000000853. The zero-order chi connectivity index (χ0) is 9.54. The number of rotatable bonds is 1. The predicted octanol–water partition coefficient (Wildman–Crippen LogP) is 0.0620. The van der Waals surface area contributed by atoms with Gasteiger partial charge in [-0.1, -0.05) is 39.4 Å². The van der Waals surface area contributed by atoms with Crippen molar-refractivity contribution in [2.75, 3.05) is 5.33 Å².